The van der Waals surface area contributed by atoms with Gasteiger partial charge >= 0.3 is 5.97 Å². The largest absolute Gasteiger partial charge is 0.474 e. The van der Waals surface area contributed by atoms with E-state index >= 15 is 0 Å². The molecule has 0 fully saturated rings. The lowest BCUT2D eigenvalue weighted by Gasteiger charge is -2.20. The maximum absolute atomic E-state index is 12.3. The van der Waals surface area contributed by atoms with E-state index in [-0.39, 0.29) is 11.9 Å². The molecule has 0 spiro atoms. The van der Waals surface area contributed by atoms with Crippen molar-refractivity contribution in [3.63, 3.8) is 0 Å². The zero-order valence-electron chi connectivity index (χ0n) is 13.1. The molecular formula is C17H16ClN3O3. The highest BCUT2D eigenvalue weighted by Gasteiger charge is 2.45. The number of esters is 1. The Morgan fingerprint density at radius 2 is 2.12 bits per heavy atom. The van der Waals surface area contributed by atoms with E-state index in [1.807, 2.05) is 30.3 Å². The second kappa shape index (κ2) is 6.97. The standard InChI is InChI=1S/C17H16ClN3O3/c1-23-15(22)17(9-7-13-8-10-19-16(18)20-13)11-24-14(21-17)12-5-3-2-4-6-12/h2-6,8,10H,7,9,11H2,1H3/t17-/m0/s1. The molecule has 0 radical (unpaired) electrons. The molecule has 0 amide bonds. The van der Waals surface area contributed by atoms with Gasteiger partial charge in [-0.15, -0.1) is 0 Å². The Morgan fingerprint density at radius 1 is 1.33 bits per heavy atom. The number of halogens is 1. The van der Waals surface area contributed by atoms with Crippen LogP contribution in [0, 0.1) is 0 Å². The summed E-state index contributed by atoms with van der Waals surface area (Å²) in [6.45, 7) is 0.142. The number of hydrogen-bond acceptors (Lipinski definition) is 6. The van der Waals surface area contributed by atoms with Crippen molar-refractivity contribution in [2.45, 2.75) is 18.4 Å². The third-order valence-corrected chi connectivity index (χ3v) is 4.01. The minimum absolute atomic E-state index is 0.142. The number of aliphatic imine (C=N–C) groups is 1. The van der Waals surface area contributed by atoms with Crippen molar-refractivity contribution in [1.29, 1.82) is 0 Å². The average molecular weight is 346 g/mol. The number of methoxy groups -OCH3 is 1. The van der Waals surface area contributed by atoms with Gasteiger partial charge < -0.3 is 9.47 Å². The number of rotatable bonds is 5. The van der Waals surface area contributed by atoms with Gasteiger partial charge in [-0.3, -0.25) is 0 Å². The summed E-state index contributed by atoms with van der Waals surface area (Å²) in [6, 6.07) is 11.2. The zero-order valence-corrected chi connectivity index (χ0v) is 13.9. The molecule has 124 valence electrons. The van der Waals surface area contributed by atoms with Crippen molar-refractivity contribution in [2.24, 2.45) is 4.99 Å². The minimum Gasteiger partial charge on any atom is -0.474 e. The summed E-state index contributed by atoms with van der Waals surface area (Å²) < 4.78 is 10.6. The van der Waals surface area contributed by atoms with E-state index < -0.39 is 11.5 Å². The molecular weight excluding hydrogens is 330 g/mol. The number of benzene rings is 1. The van der Waals surface area contributed by atoms with Crippen molar-refractivity contribution in [3.8, 4) is 0 Å². The van der Waals surface area contributed by atoms with E-state index in [0.29, 0.717) is 18.7 Å². The molecule has 0 unspecified atom stereocenters. The Morgan fingerprint density at radius 3 is 2.83 bits per heavy atom. The van der Waals surface area contributed by atoms with Gasteiger partial charge in [0.15, 0.2) is 5.54 Å². The van der Waals surface area contributed by atoms with Gasteiger partial charge in [0.25, 0.3) is 0 Å². The first-order valence-corrected chi connectivity index (χ1v) is 7.85. The molecule has 0 bridgehead atoms. The van der Waals surface area contributed by atoms with E-state index in [1.165, 1.54) is 7.11 Å². The van der Waals surface area contributed by atoms with E-state index in [2.05, 4.69) is 15.0 Å². The van der Waals surface area contributed by atoms with Crippen molar-refractivity contribution < 1.29 is 14.3 Å². The predicted octanol–water partition coefficient (Wildman–Crippen LogP) is 2.45. The highest BCUT2D eigenvalue weighted by molar-refractivity contribution is 6.28. The number of hydrogen-bond donors (Lipinski definition) is 0. The average Bonchev–Trinajstić information content (AvgIpc) is 3.06. The lowest BCUT2D eigenvalue weighted by Crippen LogP contribution is -2.40. The van der Waals surface area contributed by atoms with Crippen LogP contribution in [-0.2, 0) is 20.7 Å². The Bertz CT molecular complexity index is 767. The number of aryl methyl sites for hydroxylation is 1. The van der Waals surface area contributed by atoms with Gasteiger partial charge in [0.1, 0.15) is 6.61 Å². The first-order chi connectivity index (χ1) is 11.6. The van der Waals surface area contributed by atoms with Gasteiger partial charge in [-0.25, -0.2) is 19.8 Å². The summed E-state index contributed by atoms with van der Waals surface area (Å²) in [5.74, 6) is 0.0234. The maximum Gasteiger partial charge on any atom is 0.337 e. The Balaban J connectivity index is 1.84. The summed E-state index contributed by atoms with van der Waals surface area (Å²) in [5.41, 5.74) is 0.493. The number of nitrogens with zero attached hydrogens (tertiary/aromatic N) is 3. The van der Waals surface area contributed by atoms with Crippen molar-refractivity contribution in [3.05, 3.63) is 59.1 Å². The second-order valence-electron chi connectivity index (χ2n) is 5.41. The molecule has 0 aliphatic carbocycles. The van der Waals surface area contributed by atoms with E-state index in [0.717, 1.165) is 11.3 Å². The second-order valence-corrected chi connectivity index (χ2v) is 5.75. The van der Waals surface area contributed by atoms with Crippen LogP contribution in [0.25, 0.3) is 0 Å². The van der Waals surface area contributed by atoms with Crippen LogP contribution in [0.3, 0.4) is 0 Å². The molecule has 1 aliphatic rings. The summed E-state index contributed by atoms with van der Waals surface area (Å²) in [5, 5.41) is 0.177. The fourth-order valence-electron chi connectivity index (χ4n) is 2.54. The van der Waals surface area contributed by atoms with Crippen molar-refractivity contribution >= 4 is 23.5 Å². The number of carbonyl (C=O) groups excluding carboxylic acids is 1. The fraction of sp³-hybridized carbons (Fsp3) is 0.294. The molecule has 2 aromatic rings. The molecule has 24 heavy (non-hydrogen) atoms. The van der Waals surface area contributed by atoms with Crippen LogP contribution in [0.1, 0.15) is 17.7 Å². The van der Waals surface area contributed by atoms with Crippen LogP contribution in [0.4, 0.5) is 0 Å². The molecule has 1 aromatic carbocycles. The zero-order chi connectivity index (χ0) is 17.0. The molecule has 3 rings (SSSR count). The number of carbonyl (C=O) groups is 1. The predicted molar refractivity (Wildman–Crippen MR) is 89.0 cm³/mol. The molecule has 6 nitrogen and oxygen atoms in total. The maximum atomic E-state index is 12.3. The van der Waals surface area contributed by atoms with Crippen LogP contribution in [0.2, 0.25) is 5.28 Å². The molecule has 0 N–H and O–H groups in total. The quantitative estimate of drug-likeness (QED) is 0.614. The van der Waals surface area contributed by atoms with Gasteiger partial charge in [0.2, 0.25) is 11.2 Å². The van der Waals surface area contributed by atoms with Crippen molar-refractivity contribution in [1.82, 2.24) is 9.97 Å². The number of ether oxygens (including phenoxy) is 2. The molecule has 1 atom stereocenters. The lowest BCUT2D eigenvalue weighted by molar-refractivity contribution is -0.147. The highest BCUT2D eigenvalue weighted by Crippen LogP contribution is 2.28. The monoisotopic (exact) mass is 345 g/mol. The topological polar surface area (TPSA) is 73.7 Å². The molecule has 1 aromatic heterocycles. The van der Waals surface area contributed by atoms with E-state index in [9.17, 15) is 4.79 Å². The molecule has 2 heterocycles. The van der Waals surface area contributed by atoms with E-state index in [1.54, 1.807) is 12.3 Å². The first-order valence-electron chi connectivity index (χ1n) is 7.47. The SMILES string of the molecule is COC(=O)[C@]1(CCc2ccnc(Cl)n2)COC(c2ccccc2)=N1. The Kier molecular flexibility index (Phi) is 4.76. The Labute approximate surface area is 144 Å². The van der Waals surface area contributed by atoms with Gasteiger partial charge in [0, 0.05) is 17.5 Å². The molecule has 0 saturated carbocycles. The third kappa shape index (κ3) is 3.38. The van der Waals surface area contributed by atoms with Crippen LogP contribution < -0.4 is 0 Å². The summed E-state index contributed by atoms with van der Waals surface area (Å²) in [6.07, 6.45) is 2.49. The van der Waals surface area contributed by atoms with Gasteiger partial charge in [-0.1, -0.05) is 18.2 Å². The summed E-state index contributed by atoms with van der Waals surface area (Å²) >= 11 is 5.80. The van der Waals surface area contributed by atoms with Gasteiger partial charge in [-0.05, 0) is 42.6 Å². The molecule has 1 aliphatic heterocycles. The molecule has 0 saturated heterocycles. The minimum atomic E-state index is -1.07. The van der Waals surface area contributed by atoms with E-state index in [4.69, 9.17) is 21.1 Å². The van der Waals surface area contributed by atoms with Crippen LogP contribution in [0.15, 0.2) is 47.6 Å². The smallest absolute Gasteiger partial charge is 0.337 e. The van der Waals surface area contributed by atoms with Gasteiger partial charge in [-0.2, -0.15) is 0 Å². The number of aromatic nitrogens is 2. The normalized spacial score (nSPS) is 19.5. The van der Waals surface area contributed by atoms with Crippen molar-refractivity contribution in [2.75, 3.05) is 13.7 Å². The third-order valence-electron chi connectivity index (χ3n) is 3.83. The first kappa shape index (κ1) is 16.4. The van der Waals surface area contributed by atoms with Crippen LogP contribution >= 0.6 is 11.6 Å². The summed E-state index contributed by atoms with van der Waals surface area (Å²) in [4.78, 5) is 24.9. The Hall–Kier alpha value is -2.47. The van der Waals surface area contributed by atoms with Gasteiger partial charge in [0.05, 0.1) is 7.11 Å². The lowest BCUT2D eigenvalue weighted by atomic mass is 9.94. The van der Waals surface area contributed by atoms with Crippen LogP contribution in [0.5, 0.6) is 0 Å². The fourth-order valence-corrected chi connectivity index (χ4v) is 2.71. The molecule has 7 heteroatoms. The summed E-state index contributed by atoms with van der Waals surface area (Å²) in [7, 11) is 1.35. The highest BCUT2D eigenvalue weighted by atomic mass is 35.5. The van der Waals surface area contributed by atoms with Crippen LogP contribution in [-0.4, -0.2) is 41.1 Å².